The standard InChI is InChI=1S/C18H16FN3O2/c19-16-11-5-4-10-15(16)18(24)20-13-17(23)22-21-12-6-9-14-7-2-1-3-8-14/h1-12H,13H2,(H,20,24)(H,22,23)/b9-6+,21-12?. The van der Waals surface area contributed by atoms with Crippen LogP contribution < -0.4 is 10.7 Å². The van der Waals surface area contributed by atoms with Gasteiger partial charge in [-0.25, -0.2) is 9.82 Å². The summed E-state index contributed by atoms with van der Waals surface area (Å²) < 4.78 is 13.4. The molecule has 2 rings (SSSR count). The van der Waals surface area contributed by atoms with Gasteiger partial charge in [0.1, 0.15) is 5.82 Å². The van der Waals surface area contributed by atoms with Gasteiger partial charge >= 0.3 is 0 Å². The maximum absolute atomic E-state index is 13.4. The van der Waals surface area contributed by atoms with Gasteiger partial charge in [-0.1, -0.05) is 48.5 Å². The molecule has 122 valence electrons. The minimum Gasteiger partial charge on any atom is -0.343 e. The normalized spacial score (nSPS) is 10.9. The highest BCUT2D eigenvalue weighted by atomic mass is 19.1. The molecule has 0 radical (unpaired) electrons. The van der Waals surface area contributed by atoms with Crippen LogP contribution in [-0.4, -0.2) is 24.6 Å². The van der Waals surface area contributed by atoms with Crippen LogP contribution in [0.5, 0.6) is 0 Å². The molecule has 2 aromatic rings. The van der Waals surface area contributed by atoms with Gasteiger partial charge in [-0.05, 0) is 23.8 Å². The zero-order valence-corrected chi connectivity index (χ0v) is 12.8. The first kappa shape index (κ1) is 17.1. The second kappa shape index (κ2) is 8.99. The Labute approximate surface area is 138 Å². The number of rotatable bonds is 6. The van der Waals surface area contributed by atoms with Crippen molar-refractivity contribution in [2.24, 2.45) is 5.10 Å². The van der Waals surface area contributed by atoms with Crippen molar-refractivity contribution in [2.75, 3.05) is 6.54 Å². The molecule has 2 N–H and O–H groups in total. The van der Waals surface area contributed by atoms with E-state index in [9.17, 15) is 14.0 Å². The summed E-state index contributed by atoms with van der Waals surface area (Å²) >= 11 is 0. The average molecular weight is 325 g/mol. The Morgan fingerprint density at radius 1 is 1.04 bits per heavy atom. The van der Waals surface area contributed by atoms with E-state index in [1.54, 1.807) is 12.1 Å². The molecular weight excluding hydrogens is 309 g/mol. The molecule has 0 saturated carbocycles. The summed E-state index contributed by atoms with van der Waals surface area (Å²) in [6.45, 7) is -0.299. The summed E-state index contributed by atoms with van der Waals surface area (Å²) in [5.74, 6) is -1.81. The fourth-order valence-electron chi connectivity index (χ4n) is 1.81. The molecule has 6 heteroatoms. The lowest BCUT2D eigenvalue weighted by molar-refractivity contribution is -0.120. The van der Waals surface area contributed by atoms with Crippen molar-refractivity contribution in [2.45, 2.75) is 0 Å². The van der Waals surface area contributed by atoms with E-state index in [2.05, 4.69) is 15.8 Å². The van der Waals surface area contributed by atoms with E-state index in [1.807, 2.05) is 36.4 Å². The summed E-state index contributed by atoms with van der Waals surface area (Å²) in [7, 11) is 0. The van der Waals surface area contributed by atoms with Crippen molar-refractivity contribution in [3.05, 3.63) is 77.6 Å². The molecule has 2 aromatic carbocycles. The molecule has 0 fully saturated rings. The molecule has 0 bridgehead atoms. The Morgan fingerprint density at radius 2 is 1.75 bits per heavy atom. The Kier molecular flexibility index (Phi) is 6.40. The van der Waals surface area contributed by atoms with Crippen LogP contribution in [0, 0.1) is 5.82 Å². The van der Waals surface area contributed by atoms with E-state index >= 15 is 0 Å². The van der Waals surface area contributed by atoms with Crippen LogP contribution in [-0.2, 0) is 4.79 Å². The summed E-state index contributed by atoms with van der Waals surface area (Å²) in [5, 5.41) is 6.04. The van der Waals surface area contributed by atoms with E-state index in [1.165, 1.54) is 24.4 Å². The summed E-state index contributed by atoms with van der Waals surface area (Å²) in [6.07, 6.45) is 4.92. The number of carbonyl (C=O) groups excluding carboxylic acids is 2. The van der Waals surface area contributed by atoms with Gasteiger partial charge in [0.15, 0.2) is 0 Å². The first-order valence-electron chi connectivity index (χ1n) is 7.23. The molecule has 5 nitrogen and oxygen atoms in total. The zero-order valence-electron chi connectivity index (χ0n) is 12.8. The highest BCUT2D eigenvalue weighted by Gasteiger charge is 2.11. The van der Waals surface area contributed by atoms with E-state index in [4.69, 9.17) is 0 Å². The smallest absolute Gasteiger partial charge is 0.259 e. The largest absolute Gasteiger partial charge is 0.343 e. The predicted molar refractivity (Wildman–Crippen MR) is 90.8 cm³/mol. The number of benzene rings is 2. The van der Waals surface area contributed by atoms with Gasteiger partial charge in [-0.15, -0.1) is 0 Å². The molecule has 0 spiro atoms. The van der Waals surface area contributed by atoms with Crippen molar-refractivity contribution < 1.29 is 14.0 Å². The predicted octanol–water partition coefficient (Wildman–Crippen LogP) is 2.37. The third kappa shape index (κ3) is 5.49. The quantitative estimate of drug-likeness (QED) is 0.632. The zero-order chi connectivity index (χ0) is 17.2. The van der Waals surface area contributed by atoms with Crippen LogP contribution >= 0.6 is 0 Å². The molecule has 0 aromatic heterocycles. The van der Waals surface area contributed by atoms with E-state index in [0.717, 1.165) is 5.56 Å². The van der Waals surface area contributed by atoms with Crippen LogP contribution in [0.3, 0.4) is 0 Å². The van der Waals surface area contributed by atoms with E-state index in [-0.39, 0.29) is 12.1 Å². The minimum atomic E-state index is -0.656. The molecule has 0 aliphatic rings. The minimum absolute atomic E-state index is 0.111. The molecule has 24 heavy (non-hydrogen) atoms. The van der Waals surface area contributed by atoms with E-state index in [0.29, 0.717) is 0 Å². The number of hydrogen-bond donors (Lipinski definition) is 2. The second-order valence-corrected chi connectivity index (χ2v) is 4.75. The molecule has 0 saturated heterocycles. The van der Waals surface area contributed by atoms with Crippen LogP contribution in [0.25, 0.3) is 6.08 Å². The van der Waals surface area contributed by atoms with Gasteiger partial charge < -0.3 is 5.32 Å². The van der Waals surface area contributed by atoms with Gasteiger partial charge in [0, 0.05) is 6.21 Å². The van der Waals surface area contributed by atoms with Crippen molar-refractivity contribution in [3.63, 3.8) is 0 Å². The highest BCUT2D eigenvalue weighted by Crippen LogP contribution is 2.05. The summed E-state index contributed by atoms with van der Waals surface area (Å²) in [6, 6.07) is 15.2. The van der Waals surface area contributed by atoms with Gasteiger partial charge in [-0.2, -0.15) is 5.10 Å². The maximum atomic E-state index is 13.4. The topological polar surface area (TPSA) is 70.6 Å². The van der Waals surface area contributed by atoms with Crippen molar-refractivity contribution in [3.8, 4) is 0 Å². The third-order valence-electron chi connectivity index (χ3n) is 2.97. The van der Waals surface area contributed by atoms with Crippen LogP contribution in [0.4, 0.5) is 4.39 Å². The third-order valence-corrected chi connectivity index (χ3v) is 2.97. The Balaban J connectivity index is 1.73. The summed E-state index contributed by atoms with van der Waals surface area (Å²) in [4.78, 5) is 23.3. The highest BCUT2D eigenvalue weighted by molar-refractivity contribution is 5.96. The number of amides is 2. The number of nitrogens with one attached hydrogen (secondary N) is 2. The number of hydrazone groups is 1. The number of nitrogens with zero attached hydrogens (tertiary/aromatic N) is 1. The Bertz CT molecular complexity index is 758. The number of carbonyl (C=O) groups is 2. The first-order valence-corrected chi connectivity index (χ1v) is 7.23. The van der Waals surface area contributed by atoms with E-state index < -0.39 is 17.6 Å². The summed E-state index contributed by atoms with van der Waals surface area (Å²) in [5.41, 5.74) is 3.16. The lowest BCUT2D eigenvalue weighted by Crippen LogP contribution is -2.35. The maximum Gasteiger partial charge on any atom is 0.259 e. The monoisotopic (exact) mass is 325 g/mol. The second-order valence-electron chi connectivity index (χ2n) is 4.75. The molecular formula is C18H16FN3O2. The van der Waals surface area contributed by atoms with Crippen LogP contribution in [0.1, 0.15) is 15.9 Å². The molecule has 0 aliphatic carbocycles. The fraction of sp³-hybridized carbons (Fsp3) is 0.0556. The number of hydrogen-bond acceptors (Lipinski definition) is 3. The molecule has 0 aliphatic heterocycles. The van der Waals surface area contributed by atoms with Gasteiger partial charge in [-0.3, -0.25) is 9.59 Å². The lowest BCUT2D eigenvalue weighted by Gasteiger charge is -2.04. The van der Waals surface area contributed by atoms with Crippen molar-refractivity contribution in [1.29, 1.82) is 0 Å². The van der Waals surface area contributed by atoms with Gasteiger partial charge in [0.2, 0.25) is 0 Å². The SMILES string of the molecule is O=C(CNC(=O)c1ccccc1F)NN=C/C=C/c1ccccc1. The Hall–Kier alpha value is -3.28. The lowest BCUT2D eigenvalue weighted by atomic mass is 10.2. The number of allylic oxidation sites excluding steroid dienone is 1. The molecule has 0 unspecified atom stereocenters. The Morgan fingerprint density at radius 3 is 2.50 bits per heavy atom. The van der Waals surface area contributed by atoms with Gasteiger partial charge in [0.25, 0.3) is 11.8 Å². The van der Waals surface area contributed by atoms with Gasteiger partial charge in [0.05, 0.1) is 12.1 Å². The first-order chi connectivity index (χ1) is 11.7. The fourth-order valence-corrected chi connectivity index (χ4v) is 1.81. The molecule has 2 amide bonds. The average Bonchev–Trinajstić information content (AvgIpc) is 2.60. The van der Waals surface area contributed by atoms with Crippen LogP contribution in [0.2, 0.25) is 0 Å². The number of halogens is 1. The van der Waals surface area contributed by atoms with Crippen LogP contribution in [0.15, 0.2) is 65.8 Å². The van der Waals surface area contributed by atoms with Crippen molar-refractivity contribution >= 4 is 24.1 Å². The molecule has 0 heterocycles. The van der Waals surface area contributed by atoms with Crippen molar-refractivity contribution in [1.82, 2.24) is 10.7 Å². The molecule has 0 atom stereocenters.